The van der Waals surface area contributed by atoms with E-state index < -0.39 is 9.84 Å². The first kappa shape index (κ1) is 13.7. The van der Waals surface area contributed by atoms with Crippen molar-refractivity contribution < 1.29 is 17.7 Å². The number of methoxy groups -OCH3 is 1. The highest BCUT2D eigenvalue weighted by Crippen LogP contribution is 2.21. The van der Waals surface area contributed by atoms with Crippen LogP contribution >= 0.6 is 0 Å². The number of sulfone groups is 1. The summed E-state index contributed by atoms with van der Waals surface area (Å²) in [7, 11) is -1.65. The van der Waals surface area contributed by atoms with E-state index in [1.54, 1.807) is 26.2 Å². The van der Waals surface area contributed by atoms with E-state index in [0.717, 1.165) is 6.26 Å². The molecule has 1 aromatic carbocycles. The summed E-state index contributed by atoms with van der Waals surface area (Å²) in [4.78, 5) is 4.45. The molecule has 0 N–H and O–H groups in total. The predicted molar refractivity (Wildman–Crippen MR) is 68.3 cm³/mol. The van der Waals surface area contributed by atoms with Crippen molar-refractivity contribution >= 4 is 9.84 Å². The van der Waals surface area contributed by atoms with Gasteiger partial charge in [-0.05, 0) is 31.2 Å². The van der Waals surface area contributed by atoms with E-state index in [2.05, 4.69) is 10.1 Å². The van der Waals surface area contributed by atoms with Crippen molar-refractivity contribution in [2.45, 2.75) is 17.9 Å². The molecule has 1 atom stereocenters. The fraction of sp³-hybridized carbons (Fsp3) is 0.333. The number of ether oxygens (including phenoxy) is 1. The van der Waals surface area contributed by atoms with Gasteiger partial charge in [0.05, 0.1) is 4.90 Å². The van der Waals surface area contributed by atoms with Gasteiger partial charge >= 0.3 is 0 Å². The van der Waals surface area contributed by atoms with E-state index in [4.69, 9.17) is 9.26 Å². The molecule has 1 heterocycles. The molecule has 0 aliphatic rings. The van der Waals surface area contributed by atoms with Crippen molar-refractivity contribution in [1.29, 1.82) is 0 Å². The van der Waals surface area contributed by atoms with Gasteiger partial charge in [-0.25, -0.2) is 8.42 Å². The highest BCUT2D eigenvalue weighted by atomic mass is 32.2. The quantitative estimate of drug-likeness (QED) is 0.851. The lowest BCUT2D eigenvalue weighted by atomic mass is 10.2. The molecule has 0 radical (unpaired) electrons. The minimum atomic E-state index is -3.20. The zero-order chi connectivity index (χ0) is 14.0. The van der Waals surface area contributed by atoms with Gasteiger partial charge in [-0.15, -0.1) is 0 Å². The van der Waals surface area contributed by atoms with Gasteiger partial charge in [-0.3, -0.25) is 0 Å². The maximum atomic E-state index is 11.3. The van der Waals surface area contributed by atoms with Gasteiger partial charge in [-0.1, -0.05) is 5.16 Å². The lowest BCUT2D eigenvalue weighted by molar-refractivity contribution is 0.0886. The summed E-state index contributed by atoms with van der Waals surface area (Å²) >= 11 is 0. The molecule has 2 aromatic rings. The Morgan fingerprint density at radius 2 is 1.89 bits per heavy atom. The molecule has 19 heavy (non-hydrogen) atoms. The first-order valence-electron chi connectivity index (χ1n) is 5.58. The standard InChI is InChI=1S/C12H14N2O4S/c1-8(17-2)12-13-11(14-18-12)9-4-6-10(7-5-9)19(3,15)16/h4-8H,1-3H3. The molecule has 1 unspecified atom stereocenters. The van der Waals surface area contributed by atoms with Gasteiger partial charge in [0.1, 0.15) is 6.10 Å². The molecular formula is C12H14N2O4S. The molecule has 0 amide bonds. The Kier molecular flexibility index (Phi) is 3.68. The highest BCUT2D eigenvalue weighted by Gasteiger charge is 2.15. The lowest BCUT2D eigenvalue weighted by Crippen LogP contribution is -1.97. The third-order valence-corrected chi connectivity index (χ3v) is 3.81. The Bertz CT molecular complexity index is 661. The molecule has 0 aliphatic heterocycles. The summed E-state index contributed by atoms with van der Waals surface area (Å²) in [5.74, 6) is 0.781. The van der Waals surface area contributed by atoms with Crippen LogP contribution in [0.1, 0.15) is 18.9 Å². The average Bonchev–Trinajstić information content (AvgIpc) is 2.86. The minimum Gasteiger partial charge on any atom is -0.372 e. The summed E-state index contributed by atoms with van der Waals surface area (Å²) < 4.78 is 32.8. The highest BCUT2D eigenvalue weighted by molar-refractivity contribution is 7.90. The van der Waals surface area contributed by atoms with Crippen molar-refractivity contribution in [3.05, 3.63) is 30.2 Å². The second-order valence-corrected chi connectivity index (χ2v) is 6.15. The summed E-state index contributed by atoms with van der Waals surface area (Å²) in [6, 6.07) is 6.31. The number of rotatable bonds is 4. The van der Waals surface area contributed by atoms with Crippen molar-refractivity contribution in [2.75, 3.05) is 13.4 Å². The first-order chi connectivity index (χ1) is 8.91. The Morgan fingerprint density at radius 3 is 2.42 bits per heavy atom. The largest absolute Gasteiger partial charge is 0.372 e. The van der Waals surface area contributed by atoms with Crippen LogP contribution < -0.4 is 0 Å². The molecule has 0 fully saturated rings. The molecule has 102 valence electrons. The molecule has 7 heteroatoms. The van der Waals surface area contributed by atoms with Crippen LogP contribution in [0.5, 0.6) is 0 Å². The van der Waals surface area contributed by atoms with Crippen LogP contribution in [0.3, 0.4) is 0 Å². The Labute approximate surface area is 111 Å². The van der Waals surface area contributed by atoms with E-state index in [1.807, 2.05) is 0 Å². The zero-order valence-corrected chi connectivity index (χ0v) is 11.6. The maximum absolute atomic E-state index is 11.3. The van der Waals surface area contributed by atoms with Gasteiger partial charge in [0.25, 0.3) is 5.89 Å². The monoisotopic (exact) mass is 282 g/mol. The van der Waals surface area contributed by atoms with Gasteiger partial charge < -0.3 is 9.26 Å². The summed E-state index contributed by atoms with van der Waals surface area (Å²) in [5.41, 5.74) is 0.686. The maximum Gasteiger partial charge on any atom is 0.255 e. The minimum absolute atomic E-state index is 0.255. The third-order valence-electron chi connectivity index (χ3n) is 2.68. The third kappa shape index (κ3) is 2.99. The molecule has 0 saturated carbocycles. The van der Waals surface area contributed by atoms with E-state index >= 15 is 0 Å². The fourth-order valence-electron chi connectivity index (χ4n) is 1.47. The summed E-state index contributed by atoms with van der Waals surface area (Å²) in [6.45, 7) is 1.80. The van der Waals surface area contributed by atoms with Crippen LogP contribution in [-0.4, -0.2) is 31.9 Å². The topological polar surface area (TPSA) is 82.3 Å². The van der Waals surface area contributed by atoms with Crippen LogP contribution in [0.4, 0.5) is 0 Å². The number of nitrogens with zero attached hydrogens (tertiary/aromatic N) is 2. The van der Waals surface area contributed by atoms with Gasteiger partial charge in [0, 0.05) is 18.9 Å². The molecule has 6 nitrogen and oxygen atoms in total. The van der Waals surface area contributed by atoms with E-state index in [9.17, 15) is 8.42 Å². The van der Waals surface area contributed by atoms with E-state index in [1.165, 1.54) is 12.1 Å². The summed E-state index contributed by atoms with van der Waals surface area (Å²) in [5, 5.41) is 3.83. The van der Waals surface area contributed by atoms with Gasteiger partial charge in [0.2, 0.25) is 5.82 Å². The second-order valence-electron chi connectivity index (χ2n) is 4.13. The Morgan fingerprint density at radius 1 is 1.26 bits per heavy atom. The molecule has 1 aromatic heterocycles. The van der Waals surface area contributed by atoms with Crippen LogP contribution in [0, 0.1) is 0 Å². The van der Waals surface area contributed by atoms with Crippen molar-refractivity contribution in [3.63, 3.8) is 0 Å². The van der Waals surface area contributed by atoms with Crippen LogP contribution in [-0.2, 0) is 14.6 Å². The Hall–Kier alpha value is -1.73. The molecular weight excluding hydrogens is 268 g/mol. The SMILES string of the molecule is COC(C)c1nc(-c2ccc(S(C)(=O)=O)cc2)no1. The van der Waals surface area contributed by atoms with Crippen molar-refractivity contribution in [2.24, 2.45) is 0 Å². The lowest BCUT2D eigenvalue weighted by Gasteiger charge is -2.01. The van der Waals surface area contributed by atoms with Crippen molar-refractivity contribution in [3.8, 4) is 11.4 Å². The summed E-state index contributed by atoms with van der Waals surface area (Å²) in [6.07, 6.45) is 0.880. The number of aromatic nitrogens is 2. The van der Waals surface area contributed by atoms with E-state index in [-0.39, 0.29) is 11.0 Å². The second kappa shape index (κ2) is 5.10. The number of benzene rings is 1. The predicted octanol–water partition coefficient (Wildman–Crippen LogP) is 1.85. The van der Waals surface area contributed by atoms with Crippen molar-refractivity contribution in [1.82, 2.24) is 10.1 Å². The fourth-order valence-corrected chi connectivity index (χ4v) is 2.10. The molecule has 2 rings (SSSR count). The Balaban J connectivity index is 2.30. The van der Waals surface area contributed by atoms with Crippen LogP contribution in [0.15, 0.2) is 33.7 Å². The molecule has 0 bridgehead atoms. The molecule has 0 saturated heterocycles. The van der Waals surface area contributed by atoms with Crippen LogP contribution in [0.25, 0.3) is 11.4 Å². The molecule has 0 spiro atoms. The molecule has 0 aliphatic carbocycles. The smallest absolute Gasteiger partial charge is 0.255 e. The van der Waals surface area contributed by atoms with E-state index in [0.29, 0.717) is 17.3 Å². The van der Waals surface area contributed by atoms with Gasteiger partial charge in [-0.2, -0.15) is 4.98 Å². The normalized spacial score (nSPS) is 13.4. The number of hydrogen-bond acceptors (Lipinski definition) is 6. The zero-order valence-electron chi connectivity index (χ0n) is 10.8. The van der Waals surface area contributed by atoms with Crippen LogP contribution in [0.2, 0.25) is 0 Å². The first-order valence-corrected chi connectivity index (χ1v) is 7.48. The number of hydrogen-bond donors (Lipinski definition) is 0. The van der Waals surface area contributed by atoms with Gasteiger partial charge in [0.15, 0.2) is 9.84 Å². The average molecular weight is 282 g/mol.